The van der Waals surface area contributed by atoms with Crippen LogP contribution in [0.3, 0.4) is 0 Å². The fourth-order valence-electron chi connectivity index (χ4n) is 4.04. The maximum absolute atomic E-state index is 13.9. The van der Waals surface area contributed by atoms with Crippen molar-refractivity contribution in [2.24, 2.45) is 0 Å². The second-order valence-corrected chi connectivity index (χ2v) is 8.55. The van der Waals surface area contributed by atoms with Gasteiger partial charge in [0, 0.05) is 11.3 Å². The SMILES string of the molecule is COc1ccc(/C(O)=C2\C(=O)C(=O)N(c3ccc(F)c(Cl)c3)C2c2ccc(OC)c(OC)c2)cc1Cl. The van der Waals surface area contributed by atoms with Gasteiger partial charge >= 0.3 is 0 Å². The van der Waals surface area contributed by atoms with E-state index in [2.05, 4.69) is 0 Å². The standard InChI is InChI=1S/C26H20Cl2FNO6/c1-34-19-8-5-14(10-17(19)28)24(31)22-23(13-4-9-20(35-2)21(11-13)36-3)30(26(33)25(22)32)15-6-7-18(29)16(27)12-15/h4-12,23,31H,1-3H3/b24-22+. The molecule has 1 aliphatic heterocycles. The Hall–Kier alpha value is -3.75. The van der Waals surface area contributed by atoms with E-state index in [1.165, 1.54) is 51.7 Å². The molecule has 4 rings (SSSR count). The summed E-state index contributed by atoms with van der Waals surface area (Å²) in [6.07, 6.45) is 0. The molecule has 0 spiro atoms. The molecule has 7 nitrogen and oxygen atoms in total. The van der Waals surface area contributed by atoms with Crippen LogP contribution in [0.4, 0.5) is 10.1 Å². The highest BCUT2D eigenvalue weighted by Crippen LogP contribution is 2.45. The quantitative estimate of drug-likeness (QED) is 0.246. The van der Waals surface area contributed by atoms with Gasteiger partial charge in [0.15, 0.2) is 11.5 Å². The van der Waals surface area contributed by atoms with Gasteiger partial charge in [-0.1, -0.05) is 29.3 Å². The summed E-state index contributed by atoms with van der Waals surface area (Å²) in [7, 11) is 4.35. The van der Waals surface area contributed by atoms with Crippen LogP contribution in [0.1, 0.15) is 17.2 Å². The number of halogens is 3. The summed E-state index contributed by atoms with van der Waals surface area (Å²) in [6.45, 7) is 0. The number of anilines is 1. The Morgan fingerprint density at radius 3 is 2.14 bits per heavy atom. The highest BCUT2D eigenvalue weighted by atomic mass is 35.5. The lowest BCUT2D eigenvalue weighted by molar-refractivity contribution is -0.132. The zero-order chi connectivity index (χ0) is 26.1. The third-order valence-corrected chi connectivity index (χ3v) is 6.36. The second-order valence-electron chi connectivity index (χ2n) is 7.73. The van der Waals surface area contributed by atoms with Gasteiger partial charge < -0.3 is 19.3 Å². The Labute approximate surface area is 216 Å². The van der Waals surface area contributed by atoms with E-state index in [4.69, 9.17) is 37.4 Å². The van der Waals surface area contributed by atoms with Gasteiger partial charge in [0.1, 0.15) is 17.3 Å². The van der Waals surface area contributed by atoms with Crippen LogP contribution in [0.5, 0.6) is 17.2 Å². The van der Waals surface area contributed by atoms with Gasteiger partial charge in [0.2, 0.25) is 0 Å². The molecule has 3 aromatic rings. The van der Waals surface area contributed by atoms with Crippen LogP contribution >= 0.6 is 23.2 Å². The molecule has 1 unspecified atom stereocenters. The molecule has 1 amide bonds. The van der Waals surface area contributed by atoms with E-state index in [0.29, 0.717) is 22.8 Å². The summed E-state index contributed by atoms with van der Waals surface area (Å²) >= 11 is 12.2. The first-order valence-electron chi connectivity index (χ1n) is 10.5. The smallest absolute Gasteiger partial charge is 0.300 e. The minimum absolute atomic E-state index is 0.162. The molecule has 1 saturated heterocycles. The van der Waals surface area contributed by atoms with Crippen molar-refractivity contribution >= 4 is 46.3 Å². The van der Waals surface area contributed by atoms with Crippen molar-refractivity contribution in [3.8, 4) is 17.2 Å². The Morgan fingerprint density at radius 1 is 0.861 bits per heavy atom. The summed E-state index contributed by atoms with van der Waals surface area (Å²) in [5, 5.41) is 11.2. The van der Waals surface area contributed by atoms with Gasteiger partial charge in [-0.05, 0) is 54.1 Å². The summed E-state index contributed by atoms with van der Waals surface area (Å²) < 4.78 is 29.7. The molecule has 1 aliphatic rings. The van der Waals surface area contributed by atoms with Gasteiger partial charge in [0.05, 0.1) is 43.0 Å². The number of amides is 1. The Bertz CT molecular complexity index is 1410. The summed E-state index contributed by atoms with van der Waals surface area (Å²) in [4.78, 5) is 27.7. The molecule has 0 aromatic heterocycles. The number of ether oxygens (including phenoxy) is 3. The number of methoxy groups -OCH3 is 3. The van der Waals surface area contributed by atoms with E-state index in [0.717, 1.165) is 11.0 Å². The van der Waals surface area contributed by atoms with Crippen molar-refractivity contribution in [1.29, 1.82) is 0 Å². The van der Waals surface area contributed by atoms with E-state index in [-0.39, 0.29) is 26.9 Å². The maximum atomic E-state index is 13.9. The monoisotopic (exact) mass is 531 g/mol. The lowest BCUT2D eigenvalue weighted by atomic mass is 9.94. The molecule has 1 heterocycles. The van der Waals surface area contributed by atoms with Gasteiger partial charge in [-0.3, -0.25) is 14.5 Å². The Balaban J connectivity index is 1.98. The molecular weight excluding hydrogens is 512 g/mol. The molecule has 1 fully saturated rings. The Morgan fingerprint density at radius 2 is 1.53 bits per heavy atom. The van der Waals surface area contributed by atoms with E-state index < -0.39 is 29.3 Å². The van der Waals surface area contributed by atoms with Crippen molar-refractivity contribution in [1.82, 2.24) is 0 Å². The minimum Gasteiger partial charge on any atom is -0.507 e. The van der Waals surface area contributed by atoms with E-state index in [1.54, 1.807) is 18.2 Å². The molecule has 186 valence electrons. The molecule has 1 atom stereocenters. The van der Waals surface area contributed by atoms with Gasteiger partial charge in [-0.15, -0.1) is 0 Å². The van der Waals surface area contributed by atoms with E-state index >= 15 is 0 Å². The second kappa shape index (κ2) is 10.1. The van der Waals surface area contributed by atoms with Crippen LogP contribution in [-0.4, -0.2) is 38.1 Å². The number of aliphatic hydroxyl groups is 1. The number of carbonyl (C=O) groups is 2. The average molecular weight is 532 g/mol. The molecule has 1 N–H and O–H groups in total. The fourth-order valence-corrected chi connectivity index (χ4v) is 4.47. The molecule has 0 aliphatic carbocycles. The lowest BCUT2D eigenvalue weighted by Gasteiger charge is -2.26. The Kier molecular flexibility index (Phi) is 7.10. The zero-order valence-electron chi connectivity index (χ0n) is 19.3. The number of carbonyl (C=O) groups excluding carboxylic acids is 2. The zero-order valence-corrected chi connectivity index (χ0v) is 20.9. The lowest BCUT2D eigenvalue weighted by Crippen LogP contribution is -2.29. The number of ketones is 1. The maximum Gasteiger partial charge on any atom is 0.300 e. The first-order chi connectivity index (χ1) is 17.2. The van der Waals surface area contributed by atoms with Crippen molar-refractivity contribution in [3.63, 3.8) is 0 Å². The predicted octanol–water partition coefficient (Wildman–Crippen LogP) is 5.78. The molecular formula is C26H20Cl2FNO6. The molecule has 0 bridgehead atoms. The summed E-state index contributed by atoms with van der Waals surface area (Å²) in [6, 6.07) is 11.8. The van der Waals surface area contributed by atoms with Crippen LogP contribution in [0.25, 0.3) is 5.76 Å². The number of Topliss-reactive ketones (excluding diaryl/α,β-unsaturated/α-hetero) is 1. The predicted molar refractivity (Wildman–Crippen MR) is 134 cm³/mol. The van der Waals surface area contributed by atoms with Crippen molar-refractivity contribution < 1.29 is 33.3 Å². The number of hydrogen-bond acceptors (Lipinski definition) is 6. The third kappa shape index (κ3) is 4.34. The minimum atomic E-state index is -1.10. The summed E-state index contributed by atoms with van der Waals surface area (Å²) in [5.74, 6) is -1.89. The number of hydrogen-bond donors (Lipinski definition) is 1. The third-order valence-electron chi connectivity index (χ3n) is 5.77. The van der Waals surface area contributed by atoms with Crippen LogP contribution < -0.4 is 19.1 Å². The van der Waals surface area contributed by atoms with Crippen molar-refractivity contribution in [2.75, 3.05) is 26.2 Å². The van der Waals surface area contributed by atoms with Gasteiger partial charge in [-0.2, -0.15) is 0 Å². The molecule has 0 saturated carbocycles. The molecule has 3 aromatic carbocycles. The normalized spacial score (nSPS) is 16.8. The average Bonchev–Trinajstić information content (AvgIpc) is 3.14. The van der Waals surface area contributed by atoms with Crippen LogP contribution in [0.2, 0.25) is 10.0 Å². The summed E-state index contributed by atoms with van der Waals surface area (Å²) in [5.41, 5.74) is 0.582. The number of benzene rings is 3. The highest BCUT2D eigenvalue weighted by Gasteiger charge is 2.47. The topological polar surface area (TPSA) is 85.3 Å². The van der Waals surface area contributed by atoms with Crippen LogP contribution in [0.15, 0.2) is 60.2 Å². The molecule has 10 heteroatoms. The first kappa shape index (κ1) is 25.3. The molecule has 36 heavy (non-hydrogen) atoms. The van der Waals surface area contributed by atoms with Crippen molar-refractivity contribution in [2.45, 2.75) is 6.04 Å². The number of aliphatic hydroxyl groups excluding tert-OH is 1. The van der Waals surface area contributed by atoms with Crippen molar-refractivity contribution in [3.05, 3.63) is 87.2 Å². The van der Waals surface area contributed by atoms with E-state index in [9.17, 15) is 19.1 Å². The largest absolute Gasteiger partial charge is 0.507 e. The molecule has 0 radical (unpaired) electrons. The van der Waals surface area contributed by atoms with Gasteiger partial charge in [-0.25, -0.2) is 4.39 Å². The van der Waals surface area contributed by atoms with Crippen LogP contribution in [0, 0.1) is 5.82 Å². The van der Waals surface area contributed by atoms with Crippen LogP contribution in [-0.2, 0) is 9.59 Å². The fraction of sp³-hybridized carbons (Fsp3) is 0.154. The number of nitrogens with zero attached hydrogens (tertiary/aromatic N) is 1. The number of rotatable bonds is 6. The first-order valence-corrected chi connectivity index (χ1v) is 11.3. The van der Waals surface area contributed by atoms with E-state index in [1.807, 2.05) is 0 Å². The highest BCUT2D eigenvalue weighted by molar-refractivity contribution is 6.52. The van der Waals surface area contributed by atoms with Gasteiger partial charge in [0.25, 0.3) is 11.7 Å².